The van der Waals surface area contributed by atoms with E-state index in [1.165, 1.54) is 0 Å². The van der Waals surface area contributed by atoms with Gasteiger partial charge in [-0.15, -0.1) is 29.9 Å². The highest BCUT2D eigenvalue weighted by molar-refractivity contribution is 6.08. The van der Waals surface area contributed by atoms with Crippen molar-refractivity contribution in [1.82, 2.24) is 25.3 Å². The third-order valence-electron chi connectivity index (χ3n) is 5.02. The molecule has 0 atom stereocenters. The molecule has 1 saturated heterocycles. The minimum Gasteiger partial charge on any atom is -0.320 e. The van der Waals surface area contributed by atoms with E-state index in [9.17, 15) is 4.79 Å². The predicted octanol–water partition coefficient (Wildman–Crippen LogP) is 3.46. The molecule has 1 aliphatic rings. The molecule has 28 heavy (non-hydrogen) atoms. The zero-order valence-corrected chi connectivity index (χ0v) is 17.4. The number of halogens is 2. The quantitative estimate of drug-likeness (QED) is 0.674. The second-order valence-corrected chi connectivity index (χ2v) is 6.73. The van der Waals surface area contributed by atoms with Crippen molar-refractivity contribution in [2.75, 3.05) is 18.4 Å². The smallest absolute Gasteiger partial charge is 0.278 e. The van der Waals surface area contributed by atoms with E-state index in [1.54, 1.807) is 6.20 Å². The van der Waals surface area contributed by atoms with Crippen LogP contribution in [0.1, 0.15) is 40.6 Å². The molecule has 0 spiro atoms. The normalized spacial score (nSPS) is 14.2. The number of hydrogen-bond donors (Lipinski definition) is 2. The van der Waals surface area contributed by atoms with Gasteiger partial charge in [0.15, 0.2) is 5.69 Å². The molecule has 1 aliphatic heterocycles. The average Bonchev–Trinajstić information content (AvgIpc) is 3.06. The number of fused-ring (bicyclic) bond motifs is 1. The Kier molecular flexibility index (Phi) is 7.35. The molecule has 1 aromatic carbocycles. The maximum Gasteiger partial charge on any atom is 0.278 e. The van der Waals surface area contributed by atoms with Gasteiger partial charge < -0.3 is 10.6 Å². The van der Waals surface area contributed by atoms with Crippen molar-refractivity contribution in [2.24, 2.45) is 0 Å². The Labute approximate surface area is 176 Å². The van der Waals surface area contributed by atoms with E-state index in [-0.39, 0.29) is 30.7 Å². The zero-order chi connectivity index (χ0) is 18.1. The van der Waals surface area contributed by atoms with Gasteiger partial charge in [-0.1, -0.05) is 11.3 Å². The third-order valence-corrected chi connectivity index (χ3v) is 5.02. The van der Waals surface area contributed by atoms with Crippen LogP contribution in [0.25, 0.3) is 10.9 Å². The van der Waals surface area contributed by atoms with Crippen LogP contribution in [-0.2, 0) is 0 Å². The summed E-state index contributed by atoms with van der Waals surface area (Å²) in [6, 6.07) is 8.00. The molecule has 7 nitrogen and oxygen atoms in total. The van der Waals surface area contributed by atoms with E-state index in [1.807, 2.05) is 42.8 Å². The molecule has 0 aliphatic carbocycles. The Morgan fingerprint density at radius 3 is 2.68 bits per heavy atom. The molecule has 4 rings (SSSR count). The Bertz CT molecular complexity index is 968. The molecular weight excluding hydrogens is 399 g/mol. The van der Waals surface area contributed by atoms with Gasteiger partial charge in [0, 0.05) is 11.6 Å². The number of nitrogens with one attached hydrogen (secondary N) is 2. The van der Waals surface area contributed by atoms with Crippen LogP contribution in [0.4, 0.5) is 5.69 Å². The Hall–Kier alpha value is -2.22. The highest BCUT2D eigenvalue weighted by Crippen LogP contribution is 2.26. The largest absolute Gasteiger partial charge is 0.320 e. The molecular formula is C19H24Cl2N6O. The standard InChI is InChI=1S/C19H22N6O.2ClH/c1-12-5-6-16(15-4-3-9-21-17(12)15)22-19(26)18-13(2)25(24-23-18)14-7-10-20-11-8-14;;/h3-6,9,14,20H,7-8,10-11H2,1-2H3,(H,22,26);2*1H. The Morgan fingerprint density at radius 1 is 1.18 bits per heavy atom. The maximum absolute atomic E-state index is 12.8. The number of carbonyl (C=O) groups is 1. The number of aryl methyl sites for hydroxylation is 1. The highest BCUT2D eigenvalue weighted by atomic mass is 35.5. The van der Waals surface area contributed by atoms with Gasteiger partial charge in [-0.2, -0.15) is 0 Å². The number of piperidine rings is 1. The first kappa shape index (κ1) is 22.1. The summed E-state index contributed by atoms with van der Waals surface area (Å²) in [5.41, 5.74) is 3.89. The van der Waals surface area contributed by atoms with Crippen molar-refractivity contribution in [2.45, 2.75) is 32.7 Å². The Morgan fingerprint density at radius 2 is 1.93 bits per heavy atom. The van der Waals surface area contributed by atoms with E-state index in [0.29, 0.717) is 11.7 Å². The van der Waals surface area contributed by atoms with Gasteiger partial charge in [-0.3, -0.25) is 9.78 Å². The monoisotopic (exact) mass is 422 g/mol. The number of anilines is 1. The summed E-state index contributed by atoms with van der Waals surface area (Å²) in [7, 11) is 0. The summed E-state index contributed by atoms with van der Waals surface area (Å²) >= 11 is 0. The minimum absolute atomic E-state index is 0. The lowest BCUT2D eigenvalue weighted by atomic mass is 10.1. The number of rotatable bonds is 3. The average molecular weight is 423 g/mol. The summed E-state index contributed by atoms with van der Waals surface area (Å²) in [5, 5.41) is 15.6. The van der Waals surface area contributed by atoms with Gasteiger partial charge in [-0.25, -0.2) is 4.68 Å². The first-order chi connectivity index (χ1) is 12.6. The van der Waals surface area contributed by atoms with Crippen LogP contribution in [0.15, 0.2) is 30.5 Å². The summed E-state index contributed by atoms with van der Waals surface area (Å²) in [6.45, 7) is 5.85. The molecule has 0 saturated carbocycles. The number of carbonyl (C=O) groups excluding carboxylic acids is 1. The van der Waals surface area contributed by atoms with Gasteiger partial charge in [-0.05, 0) is 63.5 Å². The molecule has 2 N–H and O–H groups in total. The molecule has 0 radical (unpaired) electrons. The second-order valence-electron chi connectivity index (χ2n) is 6.73. The Balaban J connectivity index is 0.00000140. The SMILES string of the molecule is Cc1ccc(NC(=O)c2nnn(C3CCNCC3)c2C)c2cccnc12.Cl.Cl. The van der Waals surface area contributed by atoms with Crippen LogP contribution in [0.2, 0.25) is 0 Å². The molecule has 3 heterocycles. The van der Waals surface area contributed by atoms with Crippen molar-refractivity contribution in [3.63, 3.8) is 0 Å². The van der Waals surface area contributed by atoms with E-state index in [0.717, 1.165) is 53.8 Å². The summed E-state index contributed by atoms with van der Waals surface area (Å²) < 4.78 is 1.89. The number of nitrogens with zero attached hydrogens (tertiary/aromatic N) is 4. The van der Waals surface area contributed by atoms with Crippen LogP contribution in [0.5, 0.6) is 0 Å². The van der Waals surface area contributed by atoms with E-state index < -0.39 is 0 Å². The van der Waals surface area contributed by atoms with Gasteiger partial charge in [0.25, 0.3) is 5.91 Å². The van der Waals surface area contributed by atoms with Crippen molar-refractivity contribution in [3.05, 3.63) is 47.4 Å². The topological polar surface area (TPSA) is 84.7 Å². The predicted molar refractivity (Wildman–Crippen MR) is 115 cm³/mol. The van der Waals surface area contributed by atoms with Crippen molar-refractivity contribution in [3.8, 4) is 0 Å². The van der Waals surface area contributed by atoms with Gasteiger partial charge >= 0.3 is 0 Å². The van der Waals surface area contributed by atoms with Gasteiger partial charge in [0.2, 0.25) is 0 Å². The molecule has 1 fully saturated rings. The number of aromatic nitrogens is 4. The molecule has 2 aromatic heterocycles. The van der Waals surface area contributed by atoms with Crippen LogP contribution < -0.4 is 10.6 Å². The lowest BCUT2D eigenvalue weighted by Crippen LogP contribution is -2.30. The lowest BCUT2D eigenvalue weighted by Gasteiger charge is -2.23. The van der Waals surface area contributed by atoms with Gasteiger partial charge in [0.05, 0.1) is 22.9 Å². The molecule has 0 unspecified atom stereocenters. The van der Waals surface area contributed by atoms with E-state index in [4.69, 9.17) is 0 Å². The molecule has 3 aromatic rings. The maximum atomic E-state index is 12.8. The van der Waals surface area contributed by atoms with E-state index in [2.05, 4.69) is 25.9 Å². The summed E-state index contributed by atoms with van der Waals surface area (Å²) in [5.74, 6) is -0.239. The molecule has 0 bridgehead atoms. The van der Waals surface area contributed by atoms with Crippen molar-refractivity contribution < 1.29 is 4.79 Å². The fourth-order valence-electron chi connectivity index (χ4n) is 3.55. The van der Waals surface area contributed by atoms with Crippen LogP contribution in [-0.4, -0.2) is 39.0 Å². The highest BCUT2D eigenvalue weighted by Gasteiger charge is 2.23. The fourth-order valence-corrected chi connectivity index (χ4v) is 3.55. The number of benzene rings is 1. The minimum atomic E-state index is -0.239. The lowest BCUT2D eigenvalue weighted by molar-refractivity contribution is 0.102. The third kappa shape index (κ3) is 4.11. The molecule has 9 heteroatoms. The zero-order valence-electron chi connectivity index (χ0n) is 15.8. The number of amides is 1. The summed E-state index contributed by atoms with van der Waals surface area (Å²) in [6.07, 6.45) is 3.76. The molecule has 1 amide bonds. The van der Waals surface area contributed by atoms with Crippen molar-refractivity contribution >= 4 is 47.3 Å². The van der Waals surface area contributed by atoms with Crippen LogP contribution in [0, 0.1) is 13.8 Å². The number of pyridine rings is 1. The number of hydrogen-bond acceptors (Lipinski definition) is 5. The molecule has 150 valence electrons. The van der Waals surface area contributed by atoms with Gasteiger partial charge in [0.1, 0.15) is 0 Å². The first-order valence-electron chi connectivity index (χ1n) is 8.93. The fraction of sp³-hybridized carbons (Fsp3) is 0.368. The second kappa shape index (κ2) is 9.32. The van der Waals surface area contributed by atoms with Crippen molar-refractivity contribution in [1.29, 1.82) is 0 Å². The van der Waals surface area contributed by atoms with Crippen LogP contribution in [0.3, 0.4) is 0 Å². The van der Waals surface area contributed by atoms with Crippen LogP contribution >= 0.6 is 24.8 Å². The van der Waals surface area contributed by atoms with E-state index >= 15 is 0 Å². The first-order valence-corrected chi connectivity index (χ1v) is 8.93. The summed E-state index contributed by atoms with van der Waals surface area (Å²) in [4.78, 5) is 17.2.